The SMILES string of the molecule is CCN(c1ccc(C)cc1)c1cc(N)ccc1C. The van der Waals surface area contributed by atoms with Gasteiger partial charge in [-0.05, 0) is 50.6 Å². The second-order valence-electron chi connectivity index (χ2n) is 4.63. The van der Waals surface area contributed by atoms with Gasteiger partial charge in [0.2, 0.25) is 0 Å². The van der Waals surface area contributed by atoms with Crippen LogP contribution in [-0.4, -0.2) is 6.54 Å². The van der Waals surface area contributed by atoms with Gasteiger partial charge in [-0.1, -0.05) is 23.8 Å². The summed E-state index contributed by atoms with van der Waals surface area (Å²) in [7, 11) is 0. The molecule has 0 aliphatic heterocycles. The van der Waals surface area contributed by atoms with Crippen LogP contribution in [0.2, 0.25) is 0 Å². The highest BCUT2D eigenvalue weighted by molar-refractivity contribution is 5.69. The van der Waals surface area contributed by atoms with Gasteiger partial charge in [-0.15, -0.1) is 0 Å². The number of benzene rings is 2. The fourth-order valence-corrected chi connectivity index (χ4v) is 2.13. The minimum atomic E-state index is 0.807. The molecule has 0 bridgehead atoms. The molecule has 0 unspecified atom stereocenters. The van der Waals surface area contributed by atoms with Crippen molar-refractivity contribution in [3.8, 4) is 0 Å². The fourth-order valence-electron chi connectivity index (χ4n) is 2.13. The average Bonchev–Trinajstić information content (AvgIpc) is 2.37. The minimum absolute atomic E-state index is 0.807. The van der Waals surface area contributed by atoms with Gasteiger partial charge in [0.05, 0.1) is 0 Å². The molecule has 0 amide bonds. The Kier molecular flexibility index (Phi) is 3.56. The normalized spacial score (nSPS) is 10.4. The molecule has 0 heterocycles. The van der Waals surface area contributed by atoms with Crippen molar-refractivity contribution in [3.05, 3.63) is 53.6 Å². The van der Waals surface area contributed by atoms with Crippen molar-refractivity contribution < 1.29 is 0 Å². The van der Waals surface area contributed by atoms with Crippen molar-refractivity contribution in [1.29, 1.82) is 0 Å². The lowest BCUT2D eigenvalue weighted by atomic mass is 10.1. The van der Waals surface area contributed by atoms with E-state index in [1.54, 1.807) is 0 Å². The molecule has 2 heteroatoms. The summed E-state index contributed by atoms with van der Waals surface area (Å²) in [6.45, 7) is 7.30. The van der Waals surface area contributed by atoms with Crippen LogP contribution in [-0.2, 0) is 0 Å². The van der Waals surface area contributed by atoms with Crippen molar-refractivity contribution in [2.45, 2.75) is 20.8 Å². The maximum absolute atomic E-state index is 5.90. The third-order valence-electron chi connectivity index (χ3n) is 3.19. The Morgan fingerprint density at radius 1 is 1.00 bits per heavy atom. The molecule has 0 atom stereocenters. The zero-order valence-corrected chi connectivity index (χ0v) is 11.3. The molecule has 2 nitrogen and oxygen atoms in total. The molecular formula is C16H20N2. The summed E-state index contributed by atoms with van der Waals surface area (Å²) >= 11 is 0. The van der Waals surface area contributed by atoms with Gasteiger partial charge in [-0.2, -0.15) is 0 Å². The first-order chi connectivity index (χ1) is 8.61. The maximum Gasteiger partial charge on any atom is 0.0460 e. The van der Waals surface area contributed by atoms with E-state index in [2.05, 4.69) is 56.0 Å². The van der Waals surface area contributed by atoms with Crippen LogP contribution in [0.4, 0.5) is 17.1 Å². The highest BCUT2D eigenvalue weighted by atomic mass is 15.1. The quantitative estimate of drug-likeness (QED) is 0.820. The molecule has 2 aromatic carbocycles. The van der Waals surface area contributed by atoms with E-state index in [1.807, 2.05) is 12.1 Å². The van der Waals surface area contributed by atoms with Crippen LogP contribution < -0.4 is 10.6 Å². The predicted octanol–water partition coefficient (Wildman–Crippen LogP) is 4.04. The number of hydrogen-bond donors (Lipinski definition) is 1. The van der Waals surface area contributed by atoms with Crippen molar-refractivity contribution in [3.63, 3.8) is 0 Å². The van der Waals surface area contributed by atoms with E-state index in [9.17, 15) is 0 Å². The van der Waals surface area contributed by atoms with Crippen LogP contribution in [0, 0.1) is 13.8 Å². The van der Waals surface area contributed by atoms with Gasteiger partial charge in [0.1, 0.15) is 0 Å². The average molecular weight is 240 g/mol. The number of rotatable bonds is 3. The molecule has 94 valence electrons. The summed E-state index contributed by atoms with van der Waals surface area (Å²) < 4.78 is 0. The molecule has 2 rings (SSSR count). The zero-order chi connectivity index (χ0) is 13.1. The van der Waals surface area contributed by atoms with Crippen LogP contribution in [0.5, 0.6) is 0 Å². The second kappa shape index (κ2) is 5.13. The monoisotopic (exact) mass is 240 g/mol. The number of aryl methyl sites for hydroxylation is 2. The first kappa shape index (κ1) is 12.5. The maximum atomic E-state index is 5.90. The van der Waals surface area contributed by atoms with Crippen molar-refractivity contribution in [1.82, 2.24) is 0 Å². The molecule has 0 aliphatic rings. The summed E-state index contributed by atoms with van der Waals surface area (Å²) in [6, 6.07) is 14.6. The van der Waals surface area contributed by atoms with E-state index in [-0.39, 0.29) is 0 Å². The zero-order valence-electron chi connectivity index (χ0n) is 11.3. The third kappa shape index (κ3) is 2.48. The van der Waals surface area contributed by atoms with E-state index in [1.165, 1.54) is 22.5 Å². The number of hydrogen-bond acceptors (Lipinski definition) is 2. The lowest BCUT2D eigenvalue weighted by Gasteiger charge is -2.25. The van der Waals surface area contributed by atoms with Gasteiger partial charge < -0.3 is 10.6 Å². The summed E-state index contributed by atoms with van der Waals surface area (Å²) in [5.74, 6) is 0. The van der Waals surface area contributed by atoms with Crippen LogP contribution in [0.15, 0.2) is 42.5 Å². The van der Waals surface area contributed by atoms with E-state index in [0.717, 1.165) is 12.2 Å². The Morgan fingerprint density at radius 3 is 2.28 bits per heavy atom. The Balaban J connectivity index is 2.44. The number of nitrogens with zero attached hydrogens (tertiary/aromatic N) is 1. The molecule has 0 saturated carbocycles. The van der Waals surface area contributed by atoms with Crippen LogP contribution in [0.1, 0.15) is 18.1 Å². The van der Waals surface area contributed by atoms with Crippen molar-refractivity contribution in [2.24, 2.45) is 0 Å². The molecule has 0 fully saturated rings. The standard InChI is InChI=1S/C16H20N2/c1-4-18(15-9-5-12(2)6-10-15)16-11-14(17)8-7-13(16)3/h5-11H,4,17H2,1-3H3. The van der Waals surface area contributed by atoms with Crippen LogP contribution in [0.3, 0.4) is 0 Å². The molecule has 0 radical (unpaired) electrons. The summed E-state index contributed by atoms with van der Waals surface area (Å²) in [4.78, 5) is 2.28. The molecule has 0 saturated heterocycles. The fraction of sp³-hybridized carbons (Fsp3) is 0.250. The van der Waals surface area contributed by atoms with Crippen molar-refractivity contribution in [2.75, 3.05) is 17.2 Å². The minimum Gasteiger partial charge on any atom is -0.399 e. The van der Waals surface area contributed by atoms with Gasteiger partial charge in [-0.25, -0.2) is 0 Å². The lowest BCUT2D eigenvalue weighted by molar-refractivity contribution is 1.02. The molecule has 0 spiro atoms. The first-order valence-electron chi connectivity index (χ1n) is 6.32. The van der Waals surface area contributed by atoms with E-state index in [4.69, 9.17) is 5.73 Å². The summed E-state index contributed by atoms with van der Waals surface area (Å²) in [5, 5.41) is 0. The van der Waals surface area contributed by atoms with Crippen LogP contribution >= 0.6 is 0 Å². The molecule has 18 heavy (non-hydrogen) atoms. The van der Waals surface area contributed by atoms with Gasteiger partial charge in [0.25, 0.3) is 0 Å². The van der Waals surface area contributed by atoms with E-state index >= 15 is 0 Å². The molecule has 2 aromatic rings. The number of nitrogen functional groups attached to an aromatic ring is 1. The lowest BCUT2D eigenvalue weighted by Crippen LogP contribution is -2.17. The highest BCUT2D eigenvalue weighted by Gasteiger charge is 2.09. The molecule has 2 N–H and O–H groups in total. The highest BCUT2D eigenvalue weighted by Crippen LogP contribution is 2.29. The Morgan fingerprint density at radius 2 is 1.67 bits per heavy atom. The summed E-state index contributed by atoms with van der Waals surface area (Å²) in [6.07, 6.45) is 0. The topological polar surface area (TPSA) is 29.3 Å². The van der Waals surface area contributed by atoms with E-state index in [0.29, 0.717) is 0 Å². The van der Waals surface area contributed by atoms with Gasteiger partial charge in [-0.3, -0.25) is 0 Å². The number of anilines is 3. The summed E-state index contributed by atoms with van der Waals surface area (Å²) in [5.41, 5.74) is 11.6. The smallest absolute Gasteiger partial charge is 0.0460 e. The number of nitrogens with two attached hydrogens (primary N) is 1. The largest absolute Gasteiger partial charge is 0.399 e. The van der Waals surface area contributed by atoms with Gasteiger partial charge >= 0.3 is 0 Å². The first-order valence-corrected chi connectivity index (χ1v) is 6.32. The third-order valence-corrected chi connectivity index (χ3v) is 3.19. The van der Waals surface area contributed by atoms with Gasteiger partial charge in [0.15, 0.2) is 0 Å². The molecule has 0 aliphatic carbocycles. The van der Waals surface area contributed by atoms with Gasteiger partial charge in [0, 0.05) is 23.6 Å². The Bertz CT molecular complexity index is 529. The predicted molar refractivity (Wildman–Crippen MR) is 79.5 cm³/mol. The Labute approximate surface area is 109 Å². The van der Waals surface area contributed by atoms with Crippen molar-refractivity contribution >= 4 is 17.1 Å². The van der Waals surface area contributed by atoms with Crippen LogP contribution in [0.25, 0.3) is 0 Å². The van der Waals surface area contributed by atoms with E-state index < -0.39 is 0 Å². The Hall–Kier alpha value is -1.96. The molecule has 0 aromatic heterocycles. The second-order valence-corrected chi connectivity index (χ2v) is 4.63. The molecular weight excluding hydrogens is 220 g/mol.